The predicted molar refractivity (Wildman–Crippen MR) is 33.5 cm³/mol. The first-order chi connectivity index (χ1) is 3.31. The van der Waals surface area contributed by atoms with Gasteiger partial charge in [-0.15, -0.1) is 0 Å². The summed E-state index contributed by atoms with van der Waals surface area (Å²) in [5, 5.41) is 8.31. The zero-order valence-corrected chi connectivity index (χ0v) is 5.06. The van der Waals surface area contributed by atoms with Crippen LogP contribution < -0.4 is 5.73 Å². The van der Waals surface area contributed by atoms with E-state index < -0.39 is 0 Å². The highest BCUT2D eigenvalue weighted by Gasteiger charge is 1.94. The van der Waals surface area contributed by atoms with Crippen molar-refractivity contribution < 1.29 is 5.11 Å². The molecular formula is C4H11NOS. The lowest BCUT2D eigenvalue weighted by molar-refractivity contribution is 0.264. The summed E-state index contributed by atoms with van der Waals surface area (Å²) in [4.78, 5) is 0. The Kier molecular flexibility index (Phi) is 4.60. The number of aliphatic hydroxyl groups excluding tert-OH is 1. The van der Waals surface area contributed by atoms with Crippen LogP contribution in [0.4, 0.5) is 0 Å². The Bertz CT molecular complexity index is 42.7. The van der Waals surface area contributed by atoms with Crippen molar-refractivity contribution in [3.05, 3.63) is 0 Å². The van der Waals surface area contributed by atoms with Gasteiger partial charge in [-0.05, 0) is 12.2 Å². The van der Waals surface area contributed by atoms with Gasteiger partial charge in [0.25, 0.3) is 0 Å². The Labute approximate surface area is 49.1 Å². The van der Waals surface area contributed by atoms with Gasteiger partial charge in [-0.2, -0.15) is 12.6 Å². The Morgan fingerprint density at radius 1 is 1.71 bits per heavy atom. The summed E-state index contributed by atoms with van der Waals surface area (Å²) in [6.45, 7) is 0.0700. The molecule has 3 N–H and O–H groups in total. The first-order valence-corrected chi connectivity index (χ1v) is 2.91. The lowest BCUT2D eigenvalue weighted by Crippen LogP contribution is -2.24. The van der Waals surface area contributed by atoms with E-state index in [0.29, 0.717) is 0 Å². The fourth-order valence-corrected chi connectivity index (χ4v) is 0.589. The van der Waals surface area contributed by atoms with E-state index in [9.17, 15) is 0 Å². The van der Waals surface area contributed by atoms with Gasteiger partial charge in [0, 0.05) is 6.04 Å². The van der Waals surface area contributed by atoms with Crippen molar-refractivity contribution >= 4 is 12.6 Å². The van der Waals surface area contributed by atoms with Gasteiger partial charge in [-0.1, -0.05) is 0 Å². The number of hydrogen-bond donors (Lipinski definition) is 3. The van der Waals surface area contributed by atoms with Gasteiger partial charge in [0.05, 0.1) is 6.61 Å². The van der Waals surface area contributed by atoms with Crippen molar-refractivity contribution in [2.45, 2.75) is 12.5 Å². The summed E-state index contributed by atoms with van der Waals surface area (Å²) in [6, 6.07) is -0.0718. The second-order valence-electron chi connectivity index (χ2n) is 1.45. The summed E-state index contributed by atoms with van der Waals surface area (Å²) < 4.78 is 0. The number of thiol groups is 1. The quantitative estimate of drug-likeness (QED) is 0.446. The number of hydrogen-bond acceptors (Lipinski definition) is 3. The average molecular weight is 121 g/mol. The molecule has 0 rings (SSSR count). The standard InChI is InChI=1S/C4H11NOS/c5-4(3-6)1-2-7/h4,6-7H,1-3,5H2. The molecule has 0 saturated carbocycles. The monoisotopic (exact) mass is 121 g/mol. The first kappa shape index (κ1) is 7.27. The van der Waals surface area contributed by atoms with E-state index in [0.717, 1.165) is 12.2 Å². The lowest BCUT2D eigenvalue weighted by Gasteiger charge is -2.01. The molecule has 0 aliphatic carbocycles. The maximum atomic E-state index is 8.31. The van der Waals surface area contributed by atoms with E-state index in [1.54, 1.807) is 0 Å². The fourth-order valence-electron chi connectivity index (χ4n) is 0.257. The van der Waals surface area contributed by atoms with Crippen LogP contribution in [0.3, 0.4) is 0 Å². The molecule has 0 saturated heterocycles. The summed E-state index contributed by atoms with van der Waals surface area (Å²) in [7, 11) is 0. The van der Waals surface area contributed by atoms with Crippen LogP contribution in [-0.4, -0.2) is 23.5 Å². The molecule has 1 atom stereocenters. The third-order valence-electron chi connectivity index (χ3n) is 0.734. The van der Waals surface area contributed by atoms with Crippen LogP contribution >= 0.6 is 12.6 Å². The second-order valence-corrected chi connectivity index (χ2v) is 1.90. The van der Waals surface area contributed by atoms with Crippen LogP contribution in [0.1, 0.15) is 6.42 Å². The molecule has 0 heterocycles. The van der Waals surface area contributed by atoms with Gasteiger partial charge in [-0.25, -0.2) is 0 Å². The molecule has 0 aliphatic heterocycles. The summed E-state index contributed by atoms with van der Waals surface area (Å²) in [5.41, 5.74) is 5.28. The van der Waals surface area contributed by atoms with E-state index >= 15 is 0 Å². The van der Waals surface area contributed by atoms with Crippen molar-refractivity contribution in [1.29, 1.82) is 0 Å². The van der Waals surface area contributed by atoms with Crippen LogP contribution in [-0.2, 0) is 0 Å². The van der Waals surface area contributed by atoms with Gasteiger partial charge < -0.3 is 10.8 Å². The average Bonchev–Trinajstić information content (AvgIpc) is 1.68. The van der Waals surface area contributed by atoms with E-state index in [4.69, 9.17) is 10.8 Å². The molecule has 0 aliphatic rings. The van der Waals surface area contributed by atoms with Gasteiger partial charge in [-0.3, -0.25) is 0 Å². The van der Waals surface area contributed by atoms with Gasteiger partial charge in [0.15, 0.2) is 0 Å². The lowest BCUT2D eigenvalue weighted by atomic mass is 10.3. The summed E-state index contributed by atoms with van der Waals surface area (Å²) >= 11 is 3.92. The van der Waals surface area contributed by atoms with Gasteiger partial charge in [0.2, 0.25) is 0 Å². The Balaban J connectivity index is 2.83. The summed E-state index contributed by atoms with van der Waals surface area (Å²) in [6.07, 6.45) is 0.791. The summed E-state index contributed by atoms with van der Waals surface area (Å²) in [5.74, 6) is 0.752. The maximum absolute atomic E-state index is 8.31. The largest absolute Gasteiger partial charge is 0.395 e. The van der Waals surface area contributed by atoms with Gasteiger partial charge in [0.1, 0.15) is 0 Å². The molecule has 0 fully saturated rings. The highest BCUT2D eigenvalue weighted by molar-refractivity contribution is 7.80. The normalized spacial score (nSPS) is 14.1. The van der Waals surface area contributed by atoms with Crippen molar-refractivity contribution in [2.75, 3.05) is 12.4 Å². The third kappa shape index (κ3) is 4.12. The highest BCUT2D eigenvalue weighted by Crippen LogP contribution is 1.87. The predicted octanol–water partition coefficient (Wildman–Crippen LogP) is -0.374. The Hall–Kier alpha value is 0.270. The van der Waals surface area contributed by atoms with Crippen LogP contribution in [0.25, 0.3) is 0 Å². The van der Waals surface area contributed by atoms with E-state index in [1.807, 2.05) is 0 Å². The van der Waals surface area contributed by atoms with Crippen LogP contribution in [0, 0.1) is 0 Å². The number of aliphatic hydroxyl groups is 1. The molecular weight excluding hydrogens is 110 g/mol. The minimum Gasteiger partial charge on any atom is -0.395 e. The SMILES string of the molecule is NC(CO)CCS. The highest BCUT2D eigenvalue weighted by atomic mass is 32.1. The molecule has 0 amide bonds. The zero-order valence-electron chi connectivity index (χ0n) is 4.17. The topological polar surface area (TPSA) is 46.2 Å². The fraction of sp³-hybridized carbons (Fsp3) is 1.00. The van der Waals surface area contributed by atoms with Gasteiger partial charge >= 0.3 is 0 Å². The molecule has 0 radical (unpaired) electrons. The molecule has 1 unspecified atom stereocenters. The molecule has 0 aromatic heterocycles. The minimum atomic E-state index is -0.0718. The molecule has 44 valence electrons. The third-order valence-corrected chi connectivity index (χ3v) is 0.993. The minimum absolute atomic E-state index is 0.0700. The molecule has 0 bridgehead atoms. The number of rotatable bonds is 3. The number of nitrogens with two attached hydrogens (primary N) is 1. The molecule has 0 aromatic rings. The van der Waals surface area contributed by atoms with E-state index in [-0.39, 0.29) is 12.6 Å². The van der Waals surface area contributed by atoms with E-state index in [1.165, 1.54) is 0 Å². The molecule has 0 aromatic carbocycles. The van der Waals surface area contributed by atoms with E-state index in [2.05, 4.69) is 12.6 Å². The van der Waals surface area contributed by atoms with Crippen molar-refractivity contribution in [3.8, 4) is 0 Å². The smallest absolute Gasteiger partial charge is 0.0582 e. The molecule has 7 heavy (non-hydrogen) atoms. The van der Waals surface area contributed by atoms with Crippen molar-refractivity contribution in [2.24, 2.45) is 5.73 Å². The maximum Gasteiger partial charge on any atom is 0.0582 e. The van der Waals surface area contributed by atoms with Crippen LogP contribution in [0.5, 0.6) is 0 Å². The Morgan fingerprint density at radius 2 is 2.29 bits per heavy atom. The Morgan fingerprint density at radius 3 is 2.43 bits per heavy atom. The van der Waals surface area contributed by atoms with Crippen LogP contribution in [0.2, 0.25) is 0 Å². The van der Waals surface area contributed by atoms with Crippen molar-refractivity contribution in [1.82, 2.24) is 0 Å². The molecule has 3 heteroatoms. The van der Waals surface area contributed by atoms with Crippen LogP contribution in [0.15, 0.2) is 0 Å². The molecule has 2 nitrogen and oxygen atoms in total. The zero-order chi connectivity index (χ0) is 5.70. The van der Waals surface area contributed by atoms with Crippen molar-refractivity contribution in [3.63, 3.8) is 0 Å². The first-order valence-electron chi connectivity index (χ1n) is 2.28. The second kappa shape index (κ2) is 4.43. The molecule has 0 spiro atoms.